The minimum absolute atomic E-state index is 0.177. The van der Waals surface area contributed by atoms with Crippen LogP contribution in [0.15, 0.2) is 48.5 Å². The van der Waals surface area contributed by atoms with E-state index in [1.807, 2.05) is 24.3 Å². The first-order chi connectivity index (χ1) is 9.17. The Labute approximate surface area is 120 Å². The summed E-state index contributed by atoms with van der Waals surface area (Å²) in [6.45, 7) is 0. The number of hydrogen-bond donors (Lipinski definition) is 0. The molecule has 2 atom stereocenters. The summed E-state index contributed by atoms with van der Waals surface area (Å²) >= 11 is 12.2. The quantitative estimate of drug-likeness (QED) is 0.591. The molecule has 1 nitrogen and oxygen atoms in total. The second-order valence-electron chi connectivity index (χ2n) is 4.55. The zero-order valence-corrected chi connectivity index (χ0v) is 11.5. The van der Waals surface area contributed by atoms with E-state index in [1.54, 1.807) is 12.1 Å². The van der Waals surface area contributed by atoms with Gasteiger partial charge in [0, 0.05) is 10.6 Å². The number of epoxide rings is 1. The third-order valence-electron chi connectivity index (χ3n) is 3.41. The molecule has 2 aromatic rings. The molecule has 4 heteroatoms. The third kappa shape index (κ3) is 2.14. The van der Waals surface area contributed by atoms with E-state index in [-0.39, 0.29) is 11.9 Å². The summed E-state index contributed by atoms with van der Waals surface area (Å²) in [4.78, 5) is 0. The van der Waals surface area contributed by atoms with Crippen LogP contribution in [0.1, 0.15) is 17.2 Å². The lowest BCUT2D eigenvalue weighted by Gasteiger charge is -2.10. The molecule has 0 unspecified atom stereocenters. The van der Waals surface area contributed by atoms with Gasteiger partial charge in [-0.25, -0.2) is 4.39 Å². The van der Waals surface area contributed by atoms with Gasteiger partial charge < -0.3 is 4.74 Å². The Morgan fingerprint density at radius 2 is 1.79 bits per heavy atom. The van der Waals surface area contributed by atoms with Crippen LogP contribution < -0.4 is 0 Å². The summed E-state index contributed by atoms with van der Waals surface area (Å²) in [7, 11) is 0. The van der Waals surface area contributed by atoms with Crippen molar-refractivity contribution in [3.8, 4) is 0 Å². The van der Waals surface area contributed by atoms with Gasteiger partial charge in [0.1, 0.15) is 17.5 Å². The summed E-state index contributed by atoms with van der Waals surface area (Å²) in [5.74, 6) is 0.0255. The minimum atomic E-state index is -0.597. The molecule has 0 aliphatic carbocycles. The maximum Gasteiger partial charge on any atom is 0.138 e. The van der Waals surface area contributed by atoms with E-state index in [1.165, 1.54) is 12.1 Å². The van der Waals surface area contributed by atoms with Crippen LogP contribution in [0.4, 0.5) is 4.39 Å². The second kappa shape index (κ2) is 4.78. The molecule has 3 rings (SSSR count). The van der Waals surface area contributed by atoms with Crippen molar-refractivity contribution in [2.45, 2.75) is 11.7 Å². The number of hydrogen-bond acceptors (Lipinski definition) is 1. The summed E-state index contributed by atoms with van der Waals surface area (Å²) in [6, 6.07) is 13.8. The highest BCUT2D eigenvalue weighted by Crippen LogP contribution is 2.58. The Kier molecular flexibility index (Phi) is 3.25. The molecular weight excluding hydrogens is 286 g/mol. The standard InChI is InChI=1S/C15H11Cl2FO/c16-9-15(10-5-7-11(18)8-6-10)14(19-15)12-3-1-2-4-13(12)17/h1-8,14H,9H2/t14-,15+/m1/s1. The molecule has 1 aliphatic rings. The molecule has 0 aromatic heterocycles. The van der Waals surface area contributed by atoms with E-state index in [0.717, 1.165) is 11.1 Å². The number of benzene rings is 2. The molecule has 0 bridgehead atoms. The number of halogens is 3. The fourth-order valence-electron chi connectivity index (χ4n) is 2.31. The molecule has 19 heavy (non-hydrogen) atoms. The molecule has 1 saturated heterocycles. The zero-order valence-electron chi connectivity index (χ0n) is 9.95. The van der Waals surface area contributed by atoms with Gasteiger partial charge in [-0.1, -0.05) is 41.9 Å². The molecule has 98 valence electrons. The van der Waals surface area contributed by atoms with Gasteiger partial charge in [-0.05, 0) is 23.8 Å². The van der Waals surface area contributed by atoms with Crippen molar-refractivity contribution in [2.75, 3.05) is 5.88 Å². The van der Waals surface area contributed by atoms with Crippen molar-refractivity contribution in [1.29, 1.82) is 0 Å². The highest BCUT2D eigenvalue weighted by molar-refractivity contribution is 6.31. The average molecular weight is 297 g/mol. The lowest BCUT2D eigenvalue weighted by molar-refractivity contribution is 0.316. The molecular formula is C15H11Cl2FO. The maximum atomic E-state index is 13.0. The van der Waals surface area contributed by atoms with E-state index in [2.05, 4.69) is 0 Å². The first-order valence-corrected chi connectivity index (χ1v) is 6.83. The Hall–Kier alpha value is -1.09. The molecule has 0 amide bonds. The molecule has 2 aromatic carbocycles. The topological polar surface area (TPSA) is 12.5 Å². The Morgan fingerprint density at radius 1 is 1.11 bits per heavy atom. The first-order valence-electron chi connectivity index (χ1n) is 5.91. The highest BCUT2D eigenvalue weighted by atomic mass is 35.5. The van der Waals surface area contributed by atoms with Gasteiger partial charge in [0.25, 0.3) is 0 Å². The summed E-state index contributed by atoms with van der Waals surface area (Å²) in [5, 5.41) is 0.654. The Morgan fingerprint density at radius 3 is 2.42 bits per heavy atom. The first kappa shape index (κ1) is 12.9. The SMILES string of the molecule is Fc1ccc([C@]2(CCl)O[C@@H]2c2ccccc2Cl)cc1. The summed E-state index contributed by atoms with van der Waals surface area (Å²) in [5.41, 5.74) is 1.18. The fourth-order valence-corrected chi connectivity index (χ4v) is 2.90. The van der Waals surface area contributed by atoms with Gasteiger partial charge in [-0.3, -0.25) is 0 Å². The van der Waals surface area contributed by atoms with Crippen LogP contribution in [0.5, 0.6) is 0 Å². The van der Waals surface area contributed by atoms with E-state index < -0.39 is 5.60 Å². The van der Waals surface area contributed by atoms with Crippen LogP contribution in [0.2, 0.25) is 5.02 Å². The van der Waals surface area contributed by atoms with Gasteiger partial charge >= 0.3 is 0 Å². The van der Waals surface area contributed by atoms with Crippen molar-refractivity contribution in [1.82, 2.24) is 0 Å². The van der Waals surface area contributed by atoms with E-state index in [0.29, 0.717) is 10.9 Å². The lowest BCUT2D eigenvalue weighted by atomic mass is 9.93. The molecule has 0 N–H and O–H groups in total. The van der Waals surface area contributed by atoms with Crippen molar-refractivity contribution < 1.29 is 9.13 Å². The van der Waals surface area contributed by atoms with Gasteiger partial charge in [0.2, 0.25) is 0 Å². The van der Waals surface area contributed by atoms with Crippen molar-refractivity contribution in [3.05, 3.63) is 70.5 Å². The molecule has 0 saturated carbocycles. The van der Waals surface area contributed by atoms with Gasteiger partial charge in [0.05, 0.1) is 5.88 Å². The van der Waals surface area contributed by atoms with Crippen molar-refractivity contribution in [3.63, 3.8) is 0 Å². The van der Waals surface area contributed by atoms with Gasteiger partial charge in [-0.15, -0.1) is 11.6 Å². The van der Waals surface area contributed by atoms with Gasteiger partial charge in [-0.2, -0.15) is 0 Å². The predicted molar refractivity (Wildman–Crippen MR) is 74.1 cm³/mol. The van der Waals surface area contributed by atoms with Crippen LogP contribution in [0.25, 0.3) is 0 Å². The predicted octanol–water partition coefficient (Wildman–Crippen LogP) is 4.68. The smallest absolute Gasteiger partial charge is 0.138 e. The van der Waals surface area contributed by atoms with Crippen molar-refractivity contribution in [2.24, 2.45) is 0 Å². The second-order valence-corrected chi connectivity index (χ2v) is 5.22. The molecule has 1 heterocycles. The molecule has 1 aliphatic heterocycles. The minimum Gasteiger partial charge on any atom is -0.354 e. The number of ether oxygens (including phenoxy) is 1. The van der Waals surface area contributed by atoms with Crippen LogP contribution in [-0.2, 0) is 10.3 Å². The fraction of sp³-hybridized carbons (Fsp3) is 0.200. The summed E-state index contributed by atoms with van der Waals surface area (Å²) < 4.78 is 18.8. The largest absolute Gasteiger partial charge is 0.354 e. The monoisotopic (exact) mass is 296 g/mol. The van der Waals surface area contributed by atoms with E-state index in [9.17, 15) is 4.39 Å². The average Bonchev–Trinajstić information content (AvgIpc) is 3.16. The van der Waals surface area contributed by atoms with Crippen LogP contribution in [-0.4, -0.2) is 5.88 Å². The maximum absolute atomic E-state index is 13.0. The number of alkyl halides is 1. The van der Waals surface area contributed by atoms with Crippen LogP contribution >= 0.6 is 23.2 Å². The highest BCUT2D eigenvalue weighted by Gasteiger charge is 2.58. The lowest BCUT2D eigenvalue weighted by Crippen LogP contribution is -2.12. The van der Waals surface area contributed by atoms with Crippen LogP contribution in [0, 0.1) is 5.82 Å². The van der Waals surface area contributed by atoms with E-state index in [4.69, 9.17) is 27.9 Å². The summed E-state index contributed by atoms with van der Waals surface area (Å²) in [6.07, 6.45) is -0.177. The zero-order chi connectivity index (χ0) is 13.5. The third-order valence-corrected chi connectivity index (χ3v) is 4.15. The van der Waals surface area contributed by atoms with Crippen LogP contribution in [0.3, 0.4) is 0 Å². The normalized spacial score (nSPS) is 25.3. The Bertz CT molecular complexity index is 599. The van der Waals surface area contributed by atoms with Gasteiger partial charge in [0.15, 0.2) is 0 Å². The van der Waals surface area contributed by atoms with Crippen molar-refractivity contribution >= 4 is 23.2 Å². The Balaban J connectivity index is 1.96. The number of rotatable bonds is 3. The van der Waals surface area contributed by atoms with E-state index >= 15 is 0 Å². The molecule has 0 spiro atoms. The molecule has 0 radical (unpaired) electrons. The molecule has 1 fully saturated rings.